The number of aromatic carboxylic acids is 1. The quantitative estimate of drug-likeness (QED) is 0.577. The number of carbonyl (C=O) groups is 1. The van der Waals surface area contributed by atoms with Crippen molar-refractivity contribution in [2.75, 3.05) is 11.9 Å². The van der Waals surface area contributed by atoms with Crippen LogP contribution in [0.15, 0.2) is 23.1 Å². The van der Waals surface area contributed by atoms with Gasteiger partial charge in [0.25, 0.3) is 0 Å². The maximum atomic E-state index is 10.9. The normalized spacial score (nSPS) is 10.2. The number of nitro groups is 1. The summed E-state index contributed by atoms with van der Waals surface area (Å²) in [6.07, 6.45) is 2.58. The zero-order valence-electron chi connectivity index (χ0n) is 10.0. The van der Waals surface area contributed by atoms with Crippen LogP contribution >= 0.6 is 0 Å². The molecule has 0 aliphatic rings. The fourth-order valence-corrected chi connectivity index (χ4v) is 1.47. The number of carboxylic acid groups (broad SMARTS) is 1. The van der Waals surface area contributed by atoms with Crippen LogP contribution in [0, 0.1) is 10.1 Å². The minimum absolute atomic E-state index is 0.215. The molecular formula is C10H9N5O5. The molecule has 0 radical (unpaired) electrons. The van der Waals surface area contributed by atoms with Crippen LogP contribution in [0.2, 0.25) is 0 Å². The number of aromatic nitrogens is 3. The number of hydrogen-bond donors (Lipinski definition) is 2. The topological polar surface area (TPSA) is 144 Å². The van der Waals surface area contributed by atoms with Crippen LogP contribution in [-0.4, -0.2) is 37.7 Å². The molecule has 0 atom stereocenters. The summed E-state index contributed by atoms with van der Waals surface area (Å²) in [7, 11) is 0. The van der Waals surface area contributed by atoms with E-state index in [1.807, 2.05) is 0 Å². The average molecular weight is 279 g/mol. The lowest BCUT2D eigenvalue weighted by molar-refractivity contribution is -0.385. The van der Waals surface area contributed by atoms with Crippen molar-refractivity contribution in [2.24, 2.45) is 0 Å². The molecular weight excluding hydrogens is 270 g/mol. The Balaban J connectivity index is 2.07. The van der Waals surface area contributed by atoms with Crippen molar-refractivity contribution in [3.05, 3.63) is 40.2 Å². The van der Waals surface area contributed by atoms with Crippen LogP contribution in [0.4, 0.5) is 11.5 Å². The highest BCUT2D eigenvalue weighted by Gasteiger charge is 2.20. The van der Waals surface area contributed by atoms with Gasteiger partial charge in [-0.1, -0.05) is 5.16 Å². The lowest BCUT2D eigenvalue weighted by Gasteiger charge is -2.05. The second-order valence-electron chi connectivity index (χ2n) is 3.66. The molecule has 10 heteroatoms. The van der Waals surface area contributed by atoms with Gasteiger partial charge in [-0.3, -0.25) is 10.1 Å². The average Bonchev–Trinajstić information content (AvgIpc) is 2.91. The molecule has 2 rings (SSSR count). The molecule has 10 nitrogen and oxygen atoms in total. The first kappa shape index (κ1) is 13.4. The highest BCUT2D eigenvalue weighted by Crippen LogP contribution is 2.20. The molecule has 0 aromatic carbocycles. The van der Waals surface area contributed by atoms with E-state index in [-0.39, 0.29) is 5.82 Å². The van der Waals surface area contributed by atoms with E-state index in [1.165, 1.54) is 6.33 Å². The van der Waals surface area contributed by atoms with Gasteiger partial charge in [-0.05, 0) is 0 Å². The zero-order chi connectivity index (χ0) is 14.5. The van der Waals surface area contributed by atoms with Crippen LogP contribution in [0.25, 0.3) is 0 Å². The molecule has 0 bridgehead atoms. The number of carboxylic acids is 1. The monoisotopic (exact) mass is 279 g/mol. The standard InChI is InChI=1S/C10H9N5O5/c16-10(17)6-3-8(12-4-7(6)15(18)19)11-2-1-9-13-5-14-20-9/h3-5H,1-2H2,(H,11,12)(H,16,17). The summed E-state index contributed by atoms with van der Waals surface area (Å²) >= 11 is 0. The molecule has 0 saturated heterocycles. The van der Waals surface area contributed by atoms with Gasteiger partial charge in [0.2, 0.25) is 5.89 Å². The number of pyridine rings is 1. The predicted molar refractivity (Wildman–Crippen MR) is 64.3 cm³/mol. The maximum Gasteiger partial charge on any atom is 0.342 e. The Kier molecular flexibility index (Phi) is 3.84. The first-order valence-electron chi connectivity index (χ1n) is 5.45. The van der Waals surface area contributed by atoms with Gasteiger partial charge < -0.3 is 14.9 Å². The molecule has 0 aliphatic heterocycles. The van der Waals surface area contributed by atoms with Gasteiger partial charge in [0, 0.05) is 19.0 Å². The van der Waals surface area contributed by atoms with E-state index < -0.39 is 22.1 Å². The van der Waals surface area contributed by atoms with E-state index in [4.69, 9.17) is 9.63 Å². The highest BCUT2D eigenvalue weighted by atomic mass is 16.6. The van der Waals surface area contributed by atoms with Crippen molar-refractivity contribution < 1.29 is 19.3 Å². The van der Waals surface area contributed by atoms with E-state index in [2.05, 4.69) is 20.4 Å². The zero-order valence-corrected chi connectivity index (χ0v) is 10.0. The third kappa shape index (κ3) is 3.04. The van der Waals surface area contributed by atoms with Crippen molar-refractivity contribution in [3.63, 3.8) is 0 Å². The van der Waals surface area contributed by atoms with Crippen molar-refractivity contribution in [2.45, 2.75) is 6.42 Å². The van der Waals surface area contributed by atoms with Crippen molar-refractivity contribution in [1.29, 1.82) is 0 Å². The van der Waals surface area contributed by atoms with Gasteiger partial charge in [0.15, 0.2) is 6.33 Å². The van der Waals surface area contributed by atoms with Crippen LogP contribution in [0.1, 0.15) is 16.2 Å². The van der Waals surface area contributed by atoms with Gasteiger partial charge in [-0.2, -0.15) is 4.98 Å². The van der Waals surface area contributed by atoms with Gasteiger partial charge in [0.1, 0.15) is 17.6 Å². The van der Waals surface area contributed by atoms with E-state index in [0.29, 0.717) is 18.9 Å². The predicted octanol–water partition coefficient (Wildman–Crippen LogP) is 0.726. The van der Waals surface area contributed by atoms with E-state index in [1.54, 1.807) is 0 Å². The molecule has 0 amide bonds. The van der Waals surface area contributed by atoms with E-state index >= 15 is 0 Å². The first-order chi connectivity index (χ1) is 9.58. The van der Waals surface area contributed by atoms with Crippen molar-refractivity contribution in [3.8, 4) is 0 Å². The molecule has 2 aromatic heterocycles. The van der Waals surface area contributed by atoms with E-state index in [0.717, 1.165) is 12.3 Å². The Morgan fingerprint density at radius 1 is 1.50 bits per heavy atom. The molecule has 0 aliphatic carbocycles. The summed E-state index contributed by atoms with van der Waals surface area (Å²) in [5.74, 6) is -0.760. The third-order valence-electron chi connectivity index (χ3n) is 2.36. The summed E-state index contributed by atoms with van der Waals surface area (Å²) in [4.78, 5) is 28.4. The van der Waals surface area contributed by atoms with Gasteiger partial charge in [0.05, 0.1) is 4.92 Å². The number of nitrogens with one attached hydrogen (secondary N) is 1. The Morgan fingerprint density at radius 3 is 2.90 bits per heavy atom. The van der Waals surface area contributed by atoms with Gasteiger partial charge in [-0.25, -0.2) is 9.78 Å². The molecule has 0 saturated carbocycles. The van der Waals surface area contributed by atoms with Gasteiger partial charge in [-0.15, -0.1) is 0 Å². The fourth-order valence-electron chi connectivity index (χ4n) is 1.47. The molecule has 0 spiro atoms. The van der Waals surface area contributed by atoms with E-state index in [9.17, 15) is 14.9 Å². The van der Waals surface area contributed by atoms with Crippen LogP contribution in [-0.2, 0) is 6.42 Å². The SMILES string of the molecule is O=C(O)c1cc(NCCc2ncno2)ncc1[N+](=O)[O-]. The summed E-state index contributed by atoms with van der Waals surface area (Å²) < 4.78 is 4.78. The van der Waals surface area contributed by atoms with Crippen molar-refractivity contribution >= 4 is 17.5 Å². The van der Waals surface area contributed by atoms with Gasteiger partial charge >= 0.3 is 11.7 Å². The number of nitrogens with zero attached hydrogens (tertiary/aromatic N) is 4. The van der Waals surface area contributed by atoms with Crippen LogP contribution in [0.3, 0.4) is 0 Å². The third-order valence-corrected chi connectivity index (χ3v) is 2.36. The Hall–Kier alpha value is -3.04. The minimum atomic E-state index is -1.39. The molecule has 0 unspecified atom stereocenters. The minimum Gasteiger partial charge on any atom is -0.477 e. The lowest BCUT2D eigenvalue weighted by atomic mass is 10.2. The highest BCUT2D eigenvalue weighted by molar-refractivity contribution is 5.93. The molecule has 2 N–H and O–H groups in total. The summed E-state index contributed by atoms with van der Waals surface area (Å²) in [5, 5.41) is 25.8. The smallest absolute Gasteiger partial charge is 0.342 e. The summed E-state index contributed by atoms with van der Waals surface area (Å²) in [6, 6.07) is 1.11. The first-order valence-corrected chi connectivity index (χ1v) is 5.45. The summed E-state index contributed by atoms with van der Waals surface area (Å²) in [6.45, 7) is 0.367. The summed E-state index contributed by atoms with van der Waals surface area (Å²) in [5.41, 5.74) is -0.981. The second kappa shape index (κ2) is 5.73. The number of hydrogen-bond acceptors (Lipinski definition) is 8. The number of rotatable bonds is 6. The molecule has 0 fully saturated rings. The Morgan fingerprint density at radius 2 is 2.30 bits per heavy atom. The molecule has 20 heavy (non-hydrogen) atoms. The Labute approximate surface area is 111 Å². The van der Waals surface area contributed by atoms with Crippen molar-refractivity contribution in [1.82, 2.24) is 15.1 Å². The van der Waals surface area contributed by atoms with Crippen LogP contribution < -0.4 is 5.32 Å². The molecule has 2 aromatic rings. The lowest BCUT2D eigenvalue weighted by Crippen LogP contribution is -2.09. The molecule has 2 heterocycles. The van der Waals surface area contributed by atoms with Crippen LogP contribution in [0.5, 0.6) is 0 Å². The largest absolute Gasteiger partial charge is 0.477 e. The maximum absolute atomic E-state index is 10.9. The molecule has 104 valence electrons. The fraction of sp³-hybridized carbons (Fsp3) is 0.200. The number of anilines is 1. The second-order valence-corrected chi connectivity index (χ2v) is 3.66. The Bertz CT molecular complexity index is 627.